The molecule has 1 unspecified atom stereocenters. The number of hydrogen-bond acceptors (Lipinski definition) is 5. The van der Waals surface area contributed by atoms with Gasteiger partial charge in [-0.2, -0.15) is 0 Å². The van der Waals surface area contributed by atoms with Crippen LogP contribution in [0.2, 0.25) is 0 Å². The van der Waals surface area contributed by atoms with Crippen LogP contribution in [0.3, 0.4) is 0 Å². The zero-order chi connectivity index (χ0) is 19.9. The van der Waals surface area contributed by atoms with Crippen LogP contribution >= 0.6 is 11.3 Å². The number of thiophene rings is 1. The number of hydrogen-bond donors (Lipinski definition) is 1. The molecule has 6 nitrogen and oxygen atoms in total. The van der Waals surface area contributed by atoms with Gasteiger partial charge in [0.15, 0.2) is 0 Å². The quantitative estimate of drug-likeness (QED) is 0.772. The topological polar surface area (TPSA) is 67.9 Å². The second kappa shape index (κ2) is 9.71. The van der Waals surface area contributed by atoms with Crippen molar-refractivity contribution in [3.63, 3.8) is 0 Å². The van der Waals surface area contributed by atoms with Gasteiger partial charge in [-0.1, -0.05) is 6.07 Å². The number of rotatable bonds is 7. The number of nitrogens with zero attached hydrogens (tertiary/aromatic N) is 1. The molecule has 1 aliphatic rings. The van der Waals surface area contributed by atoms with Crippen LogP contribution in [0.4, 0.5) is 0 Å². The summed E-state index contributed by atoms with van der Waals surface area (Å²) in [6, 6.07) is 11.2. The van der Waals surface area contributed by atoms with Crippen LogP contribution in [0.1, 0.15) is 41.0 Å². The lowest BCUT2D eigenvalue weighted by Crippen LogP contribution is -2.43. The standard InChI is InChI=1S/C21H26N2O4S/c1-15(19-4-3-13-28-19)22-21(25)16-5-7-17(8-6-16)27-18-9-11-23(12-10-18)20(24)14-26-2/h3-8,13,15,18H,9-12,14H2,1-2H3,(H,22,25). The largest absolute Gasteiger partial charge is 0.490 e. The van der Waals surface area contributed by atoms with Gasteiger partial charge in [0, 0.05) is 43.5 Å². The summed E-state index contributed by atoms with van der Waals surface area (Å²) in [5, 5.41) is 5.01. The molecule has 2 amide bonds. The second-order valence-corrected chi connectivity index (χ2v) is 7.85. The lowest BCUT2D eigenvalue weighted by molar-refractivity contribution is -0.136. The molecule has 1 atom stereocenters. The molecule has 0 aliphatic carbocycles. The van der Waals surface area contributed by atoms with E-state index in [9.17, 15) is 9.59 Å². The number of carbonyl (C=O) groups is 2. The Labute approximate surface area is 169 Å². The first-order valence-corrected chi connectivity index (χ1v) is 10.3. The summed E-state index contributed by atoms with van der Waals surface area (Å²) in [6.07, 6.45) is 1.65. The van der Waals surface area contributed by atoms with E-state index in [4.69, 9.17) is 9.47 Å². The molecule has 3 rings (SSSR count). The van der Waals surface area contributed by atoms with Crippen molar-refractivity contribution in [2.24, 2.45) is 0 Å². The molecule has 150 valence electrons. The second-order valence-electron chi connectivity index (χ2n) is 6.87. The highest BCUT2D eigenvalue weighted by Gasteiger charge is 2.23. The smallest absolute Gasteiger partial charge is 0.251 e. The molecule has 7 heteroatoms. The summed E-state index contributed by atoms with van der Waals surface area (Å²) >= 11 is 1.63. The van der Waals surface area contributed by atoms with E-state index in [1.807, 2.05) is 41.5 Å². The van der Waals surface area contributed by atoms with Gasteiger partial charge >= 0.3 is 0 Å². The molecule has 0 bridgehead atoms. The molecule has 1 aromatic heterocycles. The van der Waals surface area contributed by atoms with Crippen LogP contribution in [0, 0.1) is 0 Å². The SMILES string of the molecule is COCC(=O)N1CCC(Oc2ccc(C(=O)NC(C)c3cccs3)cc2)CC1. The van der Waals surface area contributed by atoms with Crippen molar-refractivity contribution < 1.29 is 19.1 Å². The van der Waals surface area contributed by atoms with E-state index in [1.165, 1.54) is 7.11 Å². The van der Waals surface area contributed by atoms with E-state index in [2.05, 4.69) is 5.32 Å². The minimum Gasteiger partial charge on any atom is -0.490 e. The monoisotopic (exact) mass is 402 g/mol. The van der Waals surface area contributed by atoms with Crippen molar-refractivity contribution in [3.05, 3.63) is 52.2 Å². The molecule has 1 fully saturated rings. The number of benzene rings is 1. The summed E-state index contributed by atoms with van der Waals surface area (Å²) < 4.78 is 10.9. The molecular formula is C21H26N2O4S. The third kappa shape index (κ3) is 5.33. The maximum atomic E-state index is 12.4. The van der Waals surface area contributed by atoms with Gasteiger partial charge in [0.25, 0.3) is 5.91 Å². The van der Waals surface area contributed by atoms with Gasteiger partial charge in [-0.25, -0.2) is 0 Å². The van der Waals surface area contributed by atoms with Gasteiger partial charge in [-0.15, -0.1) is 11.3 Å². The molecule has 2 heterocycles. The number of methoxy groups -OCH3 is 1. The first kappa shape index (κ1) is 20.4. The van der Waals surface area contributed by atoms with Gasteiger partial charge in [0.2, 0.25) is 5.91 Å². The van der Waals surface area contributed by atoms with Crippen molar-refractivity contribution >= 4 is 23.2 Å². The number of nitrogens with one attached hydrogen (secondary N) is 1. The van der Waals surface area contributed by atoms with Crippen molar-refractivity contribution in [1.29, 1.82) is 0 Å². The number of carbonyl (C=O) groups excluding carboxylic acids is 2. The van der Waals surface area contributed by atoms with Crippen LogP contribution in [0.25, 0.3) is 0 Å². The number of likely N-dealkylation sites (tertiary alicyclic amines) is 1. The van der Waals surface area contributed by atoms with Crippen molar-refractivity contribution in [3.8, 4) is 5.75 Å². The fraction of sp³-hybridized carbons (Fsp3) is 0.429. The van der Waals surface area contributed by atoms with Gasteiger partial charge in [0.05, 0.1) is 6.04 Å². The first-order valence-electron chi connectivity index (χ1n) is 9.44. The Morgan fingerprint density at radius 2 is 1.93 bits per heavy atom. The summed E-state index contributed by atoms with van der Waals surface area (Å²) in [5.74, 6) is 0.662. The summed E-state index contributed by atoms with van der Waals surface area (Å²) in [6.45, 7) is 3.45. The Kier molecular flexibility index (Phi) is 7.06. The van der Waals surface area contributed by atoms with E-state index >= 15 is 0 Å². The molecule has 1 aromatic carbocycles. The Balaban J connectivity index is 1.48. The van der Waals surface area contributed by atoms with Crippen LogP contribution in [0.5, 0.6) is 5.75 Å². The Hall–Kier alpha value is -2.38. The number of piperidine rings is 1. The lowest BCUT2D eigenvalue weighted by atomic mass is 10.1. The Morgan fingerprint density at radius 1 is 1.21 bits per heavy atom. The van der Waals surface area contributed by atoms with Crippen LogP contribution in [-0.4, -0.2) is 49.6 Å². The summed E-state index contributed by atoms with van der Waals surface area (Å²) in [7, 11) is 1.53. The third-order valence-corrected chi connectivity index (χ3v) is 5.85. The maximum absolute atomic E-state index is 12.4. The highest BCUT2D eigenvalue weighted by Crippen LogP contribution is 2.21. The average Bonchev–Trinajstić information content (AvgIpc) is 3.24. The molecule has 0 spiro atoms. The third-order valence-electron chi connectivity index (χ3n) is 4.80. The molecule has 2 aromatic rings. The molecular weight excluding hydrogens is 376 g/mol. The summed E-state index contributed by atoms with van der Waals surface area (Å²) in [5.41, 5.74) is 0.607. The maximum Gasteiger partial charge on any atom is 0.251 e. The molecule has 1 N–H and O–H groups in total. The minimum absolute atomic E-state index is 0.0190. The predicted molar refractivity (Wildman–Crippen MR) is 109 cm³/mol. The first-order chi connectivity index (χ1) is 13.6. The van der Waals surface area contributed by atoms with E-state index in [0.717, 1.165) is 23.5 Å². The normalized spacial score (nSPS) is 15.9. The van der Waals surface area contributed by atoms with Crippen LogP contribution in [0.15, 0.2) is 41.8 Å². The van der Waals surface area contributed by atoms with Crippen molar-refractivity contribution in [1.82, 2.24) is 10.2 Å². The average molecular weight is 403 g/mol. The van der Waals surface area contributed by atoms with E-state index < -0.39 is 0 Å². The molecule has 0 saturated carbocycles. The summed E-state index contributed by atoms with van der Waals surface area (Å²) in [4.78, 5) is 27.2. The Bertz CT molecular complexity index is 768. The molecule has 28 heavy (non-hydrogen) atoms. The van der Waals surface area contributed by atoms with Crippen LogP contribution in [-0.2, 0) is 9.53 Å². The molecule has 0 radical (unpaired) electrons. The van der Waals surface area contributed by atoms with Gasteiger partial charge in [0.1, 0.15) is 18.5 Å². The number of amides is 2. The predicted octanol–water partition coefficient (Wildman–Crippen LogP) is 3.26. The zero-order valence-corrected chi connectivity index (χ0v) is 17.0. The fourth-order valence-electron chi connectivity index (χ4n) is 3.20. The minimum atomic E-state index is -0.0996. The van der Waals surface area contributed by atoms with Gasteiger partial charge < -0.3 is 19.7 Å². The van der Waals surface area contributed by atoms with Gasteiger partial charge in [-0.05, 0) is 42.6 Å². The molecule has 1 saturated heterocycles. The highest BCUT2D eigenvalue weighted by atomic mass is 32.1. The van der Waals surface area contributed by atoms with Gasteiger partial charge in [-0.3, -0.25) is 9.59 Å². The molecule has 1 aliphatic heterocycles. The van der Waals surface area contributed by atoms with Crippen molar-refractivity contribution in [2.75, 3.05) is 26.8 Å². The van der Waals surface area contributed by atoms with E-state index in [-0.39, 0.29) is 30.6 Å². The van der Waals surface area contributed by atoms with Crippen molar-refractivity contribution in [2.45, 2.75) is 31.9 Å². The lowest BCUT2D eigenvalue weighted by Gasteiger charge is -2.32. The van der Waals surface area contributed by atoms with Crippen LogP contribution < -0.4 is 10.1 Å². The fourth-order valence-corrected chi connectivity index (χ4v) is 3.94. The van der Waals surface area contributed by atoms with E-state index in [0.29, 0.717) is 18.7 Å². The zero-order valence-electron chi connectivity index (χ0n) is 16.2. The highest BCUT2D eigenvalue weighted by molar-refractivity contribution is 7.10. The van der Waals surface area contributed by atoms with E-state index in [1.54, 1.807) is 23.5 Å². The number of ether oxygens (including phenoxy) is 2. The Morgan fingerprint density at radius 3 is 2.54 bits per heavy atom.